The minimum absolute atomic E-state index is 0.0290. The molecule has 38 heavy (non-hydrogen) atoms. The van der Waals surface area contributed by atoms with Gasteiger partial charge in [-0.2, -0.15) is 0 Å². The standard InChI is InChI=1S/C29H27ClN4O2S2/c1-20-2-4-21(5-3-20)26-18-37-29(32-26)38-19-27(35)31-24-10-12-25(13-11-24)33-14-16-34(17-15-33)28(36)22-6-8-23(30)9-7-22/h2-13,18H,14-17,19H2,1H3,(H,31,35). The molecule has 1 aliphatic rings. The average molecular weight is 563 g/mol. The largest absolute Gasteiger partial charge is 0.368 e. The monoisotopic (exact) mass is 562 g/mol. The van der Waals surface area contributed by atoms with E-state index in [2.05, 4.69) is 46.4 Å². The van der Waals surface area contributed by atoms with E-state index in [1.165, 1.54) is 17.3 Å². The Kier molecular flexibility index (Phi) is 8.32. The topological polar surface area (TPSA) is 65.5 Å². The molecule has 1 aliphatic heterocycles. The summed E-state index contributed by atoms with van der Waals surface area (Å²) in [6, 6.07) is 23.1. The minimum atomic E-state index is -0.0656. The molecule has 0 bridgehead atoms. The maximum absolute atomic E-state index is 12.7. The van der Waals surface area contributed by atoms with Gasteiger partial charge in [-0.25, -0.2) is 4.98 Å². The first-order chi connectivity index (χ1) is 18.4. The summed E-state index contributed by atoms with van der Waals surface area (Å²) < 4.78 is 0.875. The Hall–Kier alpha value is -3.33. The number of hydrogen-bond acceptors (Lipinski definition) is 6. The van der Waals surface area contributed by atoms with Crippen molar-refractivity contribution >= 4 is 57.9 Å². The molecule has 0 atom stereocenters. The van der Waals surface area contributed by atoms with Crippen LogP contribution in [0.25, 0.3) is 11.3 Å². The summed E-state index contributed by atoms with van der Waals surface area (Å²) in [6.45, 7) is 4.87. The number of rotatable bonds is 7. The minimum Gasteiger partial charge on any atom is -0.368 e. The molecule has 1 saturated heterocycles. The second-order valence-corrected chi connectivity index (χ2v) is 11.6. The van der Waals surface area contributed by atoms with Gasteiger partial charge in [0.15, 0.2) is 4.34 Å². The predicted molar refractivity (Wildman–Crippen MR) is 158 cm³/mol. The zero-order chi connectivity index (χ0) is 26.5. The molecule has 0 saturated carbocycles. The number of piperazine rings is 1. The lowest BCUT2D eigenvalue weighted by atomic mass is 10.1. The SMILES string of the molecule is Cc1ccc(-c2csc(SCC(=O)Nc3ccc(N4CCN(C(=O)c5ccc(Cl)cc5)CC4)cc3)n2)cc1. The second-order valence-electron chi connectivity index (χ2n) is 9.03. The van der Waals surface area contributed by atoms with Gasteiger partial charge in [0.05, 0.1) is 11.4 Å². The number of hydrogen-bond donors (Lipinski definition) is 1. The zero-order valence-corrected chi connectivity index (χ0v) is 23.3. The van der Waals surface area contributed by atoms with Crippen LogP contribution in [0.2, 0.25) is 5.02 Å². The van der Waals surface area contributed by atoms with E-state index in [1.807, 2.05) is 34.5 Å². The van der Waals surface area contributed by atoms with Gasteiger partial charge in [-0.05, 0) is 55.5 Å². The van der Waals surface area contributed by atoms with Crippen LogP contribution >= 0.6 is 34.7 Å². The van der Waals surface area contributed by atoms with Gasteiger partial charge in [0.25, 0.3) is 5.91 Å². The summed E-state index contributed by atoms with van der Waals surface area (Å²) in [7, 11) is 0. The number of nitrogens with one attached hydrogen (secondary N) is 1. The molecule has 9 heteroatoms. The summed E-state index contributed by atoms with van der Waals surface area (Å²) in [5, 5.41) is 5.61. The Balaban J connectivity index is 1.08. The Morgan fingerprint density at radius 1 is 0.947 bits per heavy atom. The number of thiazole rings is 1. The first kappa shape index (κ1) is 26.3. The van der Waals surface area contributed by atoms with E-state index in [9.17, 15) is 9.59 Å². The van der Waals surface area contributed by atoms with Crippen LogP contribution in [0.15, 0.2) is 82.5 Å². The van der Waals surface area contributed by atoms with Gasteiger partial charge in [0, 0.05) is 59.1 Å². The van der Waals surface area contributed by atoms with Crippen molar-refractivity contribution < 1.29 is 9.59 Å². The number of carbonyl (C=O) groups is 2. The van der Waals surface area contributed by atoms with Crippen molar-refractivity contribution in [3.8, 4) is 11.3 Å². The molecular weight excluding hydrogens is 536 g/mol. The van der Waals surface area contributed by atoms with Crippen molar-refractivity contribution in [2.24, 2.45) is 0 Å². The molecule has 0 unspecified atom stereocenters. The summed E-state index contributed by atoms with van der Waals surface area (Å²) in [5.74, 6) is 0.261. The van der Waals surface area contributed by atoms with E-state index >= 15 is 0 Å². The molecule has 1 aromatic heterocycles. The molecule has 0 aliphatic carbocycles. The van der Waals surface area contributed by atoms with Crippen LogP contribution in [0.5, 0.6) is 0 Å². The van der Waals surface area contributed by atoms with Crippen molar-refractivity contribution in [1.82, 2.24) is 9.88 Å². The fourth-order valence-corrected chi connectivity index (χ4v) is 5.96. The molecule has 0 radical (unpaired) electrons. The third kappa shape index (κ3) is 6.56. The lowest BCUT2D eigenvalue weighted by Crippen LogP contribution is -2.48. The lowest BCUT2D eigenvalue weighted by Gasteiger charge is -2.36. The van der Waals surface area contributed by atoms with Crippen molar-refractivity contribution in [1.29, 1.82) is 0 Å². The van der Waals surface area contributed by atoms with Crippen LogP contribution in [-0.4, -0.2) is 53.6 Å². The van der Waals surface area contributed by atoms with Crippen LogP contribution in [0.3, 0.4) is 0 Å². The van der Waals surface area contributed by atoms with Crippen LogP contribution in [0.1, 0.15) is 15.9 Å². The van der Waals surface area contributed by atoms with Gasteiger partial charge >= 0.3 is 0 Å². The number of carbonyl (C=O) groups excluding carboxylic acids is 2. The fraction of sp³-hybridized carbons (Fsp3) is 0.207. The maximum Gasteiger partial charge on any atom is 0.253 e. The van der Waals surface area contributed by atoms with Crippen molar-refractivity contribution in [2.45, 2.75) is 11.3 Å². The van der Waals surface area contributed by atoms with E-state index in [0.717, 1.165) is 40.1 Å². The van der Waals surface area contributed by atoms with Gasteiger partial charge in [-0.1, -0.05) is 53.2 Å². The number of aromatic nitrogens is 1. The number of halogens is 1. The van der Waals surface area contributed by atoms with Crippen LogP contribution in [-0.2, 0) is 4.79 Å². The summed E-state index contributed by atoms with van der Waals surface area (Å²) in [4.78, 5) is 34.0. The molecule has 2 amide bonds. The Morgan fingerprint density at radius 2 is 1.63 bits per heavy atom. The first-order valence-corrected chi connectivity index (χ1v) is 14.5. The van der Waals surface area contributed by atoms with Crippen molar-refractivity contribution in [3.05, 3.63) is 94.3 Å². The van der Waals surface area contributed by atoms with Crippen molar-refractivity contribution in [2.75, 3.05) is 42.1 Å². The Labute approximate surface area is 235 Å². The highest BCUT2D eigenvalue weighted by atomic mass is 35.5. The third-order valence-corrected chi connectivity index (χ3v) is 8.60. The average Bonchev–Trinajstić information content (AvgIpc) is 3.42. The quantitative estimate of drug-likeness (QED) is 0.262. The Bertz CT molecular complexity index is 1400. The fourth-order valence-electron chi connectivity index (χ4n) is 4.20. The molecule has 4 aromatic rings. The molecule has 6 nitrogen and oxygen atoms in total. The van der Waals surface area contributed by atoms with Crippen LogP contribution in [0, 0.1) is 6.92 Å². The highest BCUT2D eigenvalue weighted by Gasteiger charge is 2.22. The third-order valence-electron chi connectivity index (χ3n) is 6.33. The van der Waals surface area contributed by atoms with Crippen molar-refractivity contribution in [3.63, 3.8) is 0 Å². The summed E-state index contributed by atoms with van der Waals surface area (Å²) in [6.07, 6.45) is 0. The summed E-state index contributed by atoms with van der Waals surface area (Å²) in [5.41, 5.74) is 5.72. The van der Waals surface area contributed by atoms with Gasteiger partial charge in [0.2, 0.25) is 5.91 Å². The highest BCUT2D eigenvalue weighted by Crippen LogP contribution is 2.29. The number of aryl methyl sites for hydroxylation is 1. The van der Waals surface area contributed by atoms with E-state index in [1.54, 1.807) is 35.6 Å². The van der Waals surface area contributed by atoms with Gasteiger partial charge in [0.1, 0.15) is 0 Å². The lowest BCUT2D eigenvalue weighted by molar-refractivity contribution is -0.113. The Morgan fingerprint density at radius 3 is 2.32 bits per heavy atom. The van der Waals surface area contributed by atoms with Gasteiger partial charge < -0.3 is 15.1 Å². The van der Waals surface area contributed by atoms with Crippen LogP contribution in [0.4, 0.5) is 11.4 Å². The molecular formula is C29H27ClN4O2S2. The molecule has 194 valence electrons. The smallest absolute Gasteiger partial charge is 0.253 e. The number of nitrogens with zero attached hydrogens (tertiary/aromatic N) is 3. The summed E-state index contributed by atoms with van der Waals surface area (Å²) >= 11 is 8.93. The van der Waals surface area contributed by atoms with E-state index in [0.29, 0.717) is 29.4 Å². The second kappa shape index (κ2) is 12.0. The van der Waals surface area contributed by atoms with Gasteiger partial charge in [-0.15, -0.1) is 11.3 Å². The van der Waals surface area contributed by atoms with Gasteiger partial charge in [-0.3, -0.25) is 9.59 Å². The van der Waals surface area contributed by atoms with E-state index in [-0.39, 0.29) is 11.8 Å². The molecule has 1 fully saturated rings. The normalized spacial score (nSPS) is 13.4. The molecule has 0 spiro atoms. The number of thioether (sulfide) groups is 1. The van der Waals surface area contributed by atoms with Crippen LogP contribution < -0.4 is 10.2 Å². The molecule has 1 N–H and O–H groups in total. The zero-order valence-electron chi connectivity index (χ0n) is 20.9. The molecule has 3 aromatic carbocycles. The maximum atomic E-state index is 12.7. The van der Waals surface area contributed by atoms with E-state index in [4.69, 9.17) is 11.6 Å². The molecule has 5 rings (SSSR count). The predicted octanol–water partition coefficient (Wildman–Crippen LogP) is 6.47. The molecule has 2 heterocycles. The van der Waals surface area contributed by atoms with E-state index < -0.39 is 0 Å². The number of amides is 2. The number of benzene rings is 3. The highest BCUT2D eigenvalue weighted by molar-refractivity contribution is 8.01. The first-order valence-electron chi connectivity index (χ1n) is 12.3. The number of anilines is 2.